The lowest BCUT2D eigenvalue weighted by Gasteiger charge is -2.28. The third kappa shape index (κ3) is 4.13. The second-order valence-electron chi connectivity index (χ2n) is 4.30. The van der Waals surface area contributed by atoms with Crippen LogP contribution < -0.4 is 10.6 Å². The highest BCUT2D eigenvalue weighted by molar-refractivity contribution is 9.10. The molecule has 1 aromatic carbocycles. The highest BCUT2D eigenvalue weighted by Gasteiger charge is 2.41. The number of hydrogen-bond donors (Lipinski definition) is 1. The Balaban J connectivity index is 3.40. The van der Waals surface area contributed by atoms with Crippen LogP contribution in [-0.2, 0) is 4.79 Å². The summed E-state index contributed by atoms with van der Waals surface area (Å²) in [6.45, 7) is -0.157. The van der Waals surface area contributed by atoms with Crippen LogP contribution in [0.2, 0.25) is 0 Å². The molecule has 0 heterocycles. The van der Waals surface area contributed by atoms with Crippen LogP contribution in [0.1, 0.15) is 6.92 Å². The number of nitrogens with zero attached hydrogens (tertiary/aromatic N) is 2. The summed E-state index contributed by atoms with van der Waals surface area (Å²) in [4.78, 5) is 21.6. The fourth-order valence-corrected chi connectivity index (χ4v) is 2.06. The molecule has 1 atom stereocenters. The zero-order valence-electron chi connectivity index (χ0n) is 11.0. The van der Waals surface area contributed by atoms with Crippen LogP contribution in [0, 0.1) is 15.9 Å². The molecule has 0 radical (unpaired) electrons. The summed E-state index contributed by atoms with van der Waals surface area (Å²) in [7, 11) is 0. The number of Topliss-reactive ketones (excluding diaryl/α,β-unsaturated/α-hetero) is 1. The zero-order valence-corrected chi connectivity index (χ0v) is 12.6. The summed E-state index contributed by atoms with van der Waals surface area (Å²) in [6, 6.07) is 1.74. The first-order valence-electron chi connectivity index (χ1n) is 5.70. The summed E-state index contributed by atoms with van der Waals surface area (Å²) < 4.78 is 51.1. The van der Waals surface area contributed by atoms with Gasteiger partial charge in [0.25, 0.3) is 11.5 Å². The van der Waals surface area contributed by atoms with Gasteiger partial charge in [0.2, 0.25) is 0 Å². The van der Waals surface area contributed by atoms with Crippen molar-refractivity contribution in [2.24, 2.45) is 5.73 Å². The van der Waals surface area contributed by atoms with Gasteiger partial charge in [-0.3, -0.25) is 14.9 Å². The Morgan fingerprint density at radius 1 is 1.50 bits per heavy atom. The molecule has 122 valence electrons. The van der Waals surface area contributed by atoms with Gasteiger partial charge >= 0.3 is 6.18 Å². The van der Waals surface area contributed by atoms with E-state index in [9.17, 15) is 32.5 Å². The standard InChI is InChI=1S/C11H10BrF4N3O3/c1-5(17)18(4-9(20)11(14,15)16)10-7(13)2-6(12)3-8(10)19(21)22/h2-3,5H,4,17H2,1H3. The number of benzene rings is 1. The number of hydrogen-bond acceptors (Lipinski definition) is 5. The molecule has 0 amide bonds. The molecule has 11 heteroatoms. The van der Waals surface area contributed by atoms with Crippen LogP contribution in [0.4, 0.5) is 28.9 Å². The molecule has 0 aliphatic carbocycles. The summed E-state index contributed by atoms with van der Waals surface area (Å²) >= 11 is 2.84. The van der Waals surface area contributed by atoms with Crippen molar-refractivity contribution in [2.45, 2.75) is 19.3 Å². The SMILES string of the molecule is CC(N)N(CC(=O)C(F)(F)F)c1c(F)cc(Br)cc1[N+](=O)[O-]. The minimum atomic E-state index is -5.16. The predicted molar refractivity (Wildman–Crippen MR) is 72.8 cm³/mol. The largest absolute Gasteiger partial charge is 0.451 e. The van der Waals surface area contributed by atoms with Crippen molar-refractivity contribution in [1.82, 2.24) is 0 Å². The molecule has 0 aromatic heterocycles. The van der Waals surface area contributed by atoms with Crippen molar-refractivity contribution in [3.63, 3.8) is 0 Å². The molecule has 0 spiro atoms. The fourth-order valence-electron chi connectivity index (χ4n) is 1.65. The lowest BCUT2D eigenvalue weighted by molar-refractivity contribution is -0.384. The first-order valence-corrected chi connectivity index (χ1v) is 6.50. The van der Waals surface area contributed by atoms with Crippen LogP contribution in [0.3, 0.4) is 0 Å². The normalized spacial score (nSPS) is 12.9. The van der Waals surface area contributed by atoms with E-state index in [0.717, 1.165) is 12.1 Å². The second-order valence-corrected chi connectivity index (χ2v) is 5.22. The van der Waals surface area contributed by atoms with Gasteiger partial charge in [-0.15, -0.1) is 0 Å². The lowest BCUT2D eigenvalue weighted by Crippen LogP contribution is -2.46. The number of anilines is 1. The van der Waals surface area contributed by atoms with Gasteiger partial charge in [-0.1, -0.05) is 15.9 Å². The van der Waals surface area contributed by atoms with E-state index in [4.69, 9.17) is 5.73 Å². The van der Waals surface area contributed by atoms with Crippen molar-refractivity contribution < 1.29 is 27.3 Å². The van der Waals surface area contributed by atoms with E-state index in [1.54, 1.807) is 0 Å². The highest BCUT2D eigenvalue weighted by atomic mass is 79.9. The Morgan fingerprint density at radius 2 is 2.05 bits per heavy atom. The monoisotopic (exact) mass is 387 g/mol. The number of carbonyl (C=O) groups is 1. The number of nitro benzene ring substituents is 1. The van der Waals surface area contributed by atoms with Gasteiger partial charge in [-0.2, -0.15) is 13.2 Å². The minimum Gasteiger partial charge on any atom is -0.341 e. The van der Waals surface area contributed by atoms with Crippen LogP contribution in [0.5, 0.6) is 0 Å². The molecule has 0 aliphatic heterocycles. The number of carbonyl (C=O) groups excluding carboxylic acids is 1. The van der Waals surface area contributed by atoms with Gasteiger partial charge in [0.05, 0.1) is 17.6 Å². The van der Waals surface area contributed by atoms with Gasteiger partial charge in [-0.05, 0) is 13.0 Å². The second kappa shape index (κ2) is 6.57. The number of ketones is 1. The molecule has 0 saturated heterocycles. The van der Waals surface area contributed by atoms with Gasteiger partial charge in [-0.25, -0.2) is 4.39 Å². The van der Waals surface area contributed by atoms with Crippen LogP contribution in [-0.4, -0.2) is 29.6 Å². The van der Waals surface area contributed by atoms with Crippen molar-refractivity contribution in [3.05, 3.63) is 32.5 Å². The maximum atomic E-state index is 14.0. The number of nitro groups is 1. The van der Waals surface area contributed by atoms with Gasteiger partial charge in [0.15, 0.2) is 11.5 Å². The lowest BCUT2D eigenvalue weighted by atomic mass is 10.2. The van der Waals surface area contributed by atoms with E-state index in [0.29, 0.717) is 4.90 Å². The van der Waals surface area contributed by atoms with Gasteiger partial charge in [0.1, 0.15) is 0 Å². The van der Waals surface area contributed by atoms with E-state index >= 15 is 0 Å². The van der Waals surface area contributed by atoms with Crippen LogP contribution in [0.25, 0.3) is 0 Å². The Bertz CT molecular complexity index is 607. The number of halogens is 5. The minimum absolute atomic E-state index is 0.0206. The van der Waals surface area contributed by atoms with Gasteiger partial charge in [0, 0.05) is 10.5 Å². The Labute approximate surface area is 130 Å². The van der Waals surface area contributed by atoms with Crippen molar-refractivity contribution in [1.29, 1.82) is 0 Å². The van der Waals surface area contributed by atoms with E-state index in [1.165, 1.54) is 6.92 Å². The van der Waals surface area contributed by atoms with E-state index in [1.807, 2.05) is 0 Å². The molecule has 1 aromatic rings. The fraction of sp³-hybridized carbons (Fsp3) is 0.364. The smallest absolute Gasteiger partial charge is 0.341 e. The van der Waals surface area contributed by atoms with E-state index in [2.05, 4.69) is 15.9 Å². The average Bonchev–Trinajstić information content (AvgIpc) is 2.33. The third-order valence-electron chi connectivity index (χ3n) is 2.61. The topological polar surface area (TPSA) is 89.5 Å². The molecular formula is C11H10BrF4N3O3. The Morgan fingerprint density at radius 3 is 2.45 bits per heavy atom. The molecule has 6 nitrogen and oxygen atoms in total. The summed E-state index contributed by atoms with van der Waals surface area (Å²) in [5, 5.41) is 11.0. The highest BCUT2D eigenvalue weighted by Crippen LogP contribution is 2.35. The van der Waals surface area contributed by atoms with Gasteiger partial charge < -0.3 is 10.6 Å². The Hall–Kier alpha value is -1.75. The summed E-state index contributed by atoms with van der Waals surface area (Å²) in [5.74, 6) is -3.37. The van der Waals surface area contributed by atoms with Crippen molar-refractivity contribution in [3.8, 4) is 0 Å². The maximum absolute atomic E-state index is 14.0. The molecule has 22 heavy (non-hydrogen) atoms. The molecule has 1 rings (SSSR count). The number of rotatable bonds is 5. The summed E-state index contributed by atoms with van der Waals surface area (Å²) in [6.07, 6.45) is -6.42. The van der Waals surface area contributed by atoms with Crippen LogP contribution in [0.15, 0.2) is 16.6 Å². The van der Waals surface area contributed by atoms with E-state index in [-0.39, 0.29) is 4.47 Å². The molecule has 0 bridgehead atoms. The molecule has 1 unspecified atom stereocenters. The molecular weight excluding hydrogens is 378 g/mol. The first-order chi connectivity index (χ1) is 9.95. The van der Waals surface area contributed by atoms with E-state index < -0.39 is 46.8 Å². The number of nitrogens with two attached hydrogens (primary N) is 1. The average molecular weight is 388 g/mol. The molecule has 0 fully saturated rings. The van der Waals surface area contributed by atoms with Crippen molar-refractivity contribution in [2.75, 3.05) is 11.4 Å². The molecule has 0 aliphatic rings. The Kier molecular flexibility index (Phi) is 5.46. The number of alkyl halides is 3. The first kappa shape index (κ1) is 18.3. The molecule has 0 saturated carbocycles. The zero-order chi connectivity index (χ0) is 17.2. The predicted octanol–water partition coefficient (Wildman–Crippen LogP) is 2.74. The maximum Gasteiger partial charge on any atom is 0.451 e. The molecule has 2 N–H and O–H groups in total. The van der Waals surface area contributed by atoms with Crippen molar-refractivity contribution >= 4 is 33.1 Å². The third-order valence-corrected chi connectivity index (χ3v) is 3.07. The summed E-state index contributed by atoms with van der Waals surface area (Å²) in [5.41, 5.74) is 3.86. The van der Waals surface area contributed by atoms with Crippen LogP contribution >= 0.6 is 15.9 Å². The quantitative estimate of drug-likeness (QED) is 0.363.